The molecule has 0 heterocycles. The van der Waals surface area contributed by atoms with Crippen LogP contribution >= 0.6 is 0 Å². The van der Waals surface area contributed by atoms with E-state index in [2.05, 4.69) is 6.58 Å². The second-order valence-electron chi connectivity index (χ2n) is 1.77. The minimum Gasteiger partial charge on any atom is -0.225 e. The SMILES string of the molecule is C=C/C=C(\CC)S(N)(=O)=O. The van der Waals surface area contributed by atoms with Crippen molar-refractivity contribution in [2.24, 2.45) is 5.14 Å². The number of primary sulfonamides is 1. The molecule has 0 aromatic rings. The molecule has 58 valence electrons. The summed E-state index contributed by atoms with van der Waals surface area (Å²) in [5.74, 6) is 0. The maximum atomic E-state index is 10.6. The van der Waals surface area contributed by atoms with Crippen LogP contribution in [0.5, 0.6) is 0 Å². The van der Waals surface area contributed by atoms with Gasteiger partial charge in [0.15, 0.2) is 0 Å². The van der Waals surface area contributed by atoms with E-state index in [1.165, 1.54) is 12.2 Å². The Hall–Kier alpha value is -0.610. The Morgan fingerprint density at radius 3 is 2.30 bits per heavy atom. The molecule has 0 bridgehead atoms. The third kappa shape index (κ3) is 2.80. The van der Waals surface area contributed by atoms with Gasteiger partial charge in [-0.2, -0.15) is 0 Å². The lowest BCUT2D eigenvalue weighted by Gasteiger charge is -1.97. The van der Waals surface area contributed by atoms with Crippen LogP contribution in [0.3, 0.4) is 0 Å². The van der Waals surface area contributed by atoms with Crippen LogP contribution in [0.15, 0.2) is 23.6 Å². The number of rotatable bonds is 3. The van der Waals surface area contributed by atoms with E-state index < -0.39 is 10.0 Å². The number of allylic oxidation sites excluding steroid dienone is 3. The second-order valence-corrected chi connectivity index (χ2v) is 3.38. The van der Waals surface area contributed by atoms with Crippen LogP contribution in [-0.2, 0) is 10.0 Å². The summed E-state index contributed by atoms with van der Waals surface area (Å²) in [5.41, 5.74) is 0. The summed E-state index contributed by atoms with van der Waals surface area (Å²) in [6, 6.07) is 0. The summed E-state index contributed by atoms with van der Waals surface area (Å²) in [7, 11) is -3.49. The first-order chi connectivity index (χ1) is 4.52. The summed E-state index contributed by atoms with van der Waals surface area (Å²) in [6.07, 6.45) is 3.21. The number of nitrogens with two attached hydrogens (primary N) is 1. The molecule has 2 N–H and O–H groups in total. The molecular formula is C6H11NO2S. The molecule has 0 aliphatic heterocycles. The summed E-state index contributed by atoms with van der Waals surface area (Å²) < 4.78 is 21.2. The fourth-order valence-electron chi connectivity index (χ4n) is 0.545. The minimum atomic E-state index is -3.49. The lowest BCUT2D eigenvalue weighted by Crippen LogP contribution is -2.13. The molecule has 0 aliphatic rings. The zero-order valence-electron chi connectivity index (χ0n) is 5.87. The van der Waals surface area contributed by atoms with Crippen LogP contribution in [0.1, 0.15) is 13.3 Å². The van der Waals surface area contributed by atoms with Gasteiger partial charge in [-0.1, -0.05) is 19.6 Å². The van der Waals surface area contributed by atoms with Crippen LogP contribution in [-0.4, -0.2) is 8.42 Å². The normalized spacial score (nSPS) is 13.2. The molecule has 0 rings (SSSR count). The topological polar surface area (TPSA) is 60.2 Å². The minimum absolute atomic E-state index is 0.211. The highest BCUT2D eigenvalue weighted by molar-refractivity contribution is 7.93. The zero-order chi connectivity index (χ0) is 8.20. The molecule has 0 fully saturated rings. The Morgan fingerprint density at radius 2 is 2.20 bits per heavy atom. The quantitative estimate of drug-likeness (QED) is 0.621. The standard InChI is InChI=1S/C6H11NO2S/c1-3-5-6(4-2)10(7,8)9/h3,5H,1,4H2,2H3,(H2,7,8,9)/b6-5+. The first-order valence-corrected chi connectivity index (χ1v) is 4.41. The third-order valence-electron chi connectivity index (χ3n) is 1.02. The van der Waals surface area contributed by atoms with E-state index in [4.69, 9.17) is 5.14 Å². The summed E-state index contributed by atoms with van der Waals surface area (Å²) in [5, 5.41) is 4.83. The van der Waals surface area contributed by atoms with Crippen LogP contribution < -0.4 is 5.14 Å². The van der Waals surface area contributed by atoms with Gasteiger partial charge in [0, 0.05) is 0 Å². The van der Waals surface area contributed by atoms with Crippen molar-refractivity contribution in [3.05, 3.63) is 23.6 Å². The van der Waals surface area contributed by atoms with E-state index in [0.717, 1.165) is 0 Å². The van der Waals surface area contributed by atoms with E-state index in [0.29, 0.717) is 6.42 Å². The molecule has 0 saturated heterocycles. The Morgan fingerprint density at radius 1 is 1.70 bits per heavy atom. The van der Waals surface area contributed by atoms with Crippen molar-refractivity contribution in [3.8, 4) is 0 Å². The molecule has 0 aromatic heterocycles. The van der Waals surface area contributed by atoms with Crippen molar-refractivity contribution in [2.75, 3.05) is 0 Å². The van der Waals surface area contributed by atoms with Crippen molar-refractivity contribution < 1.29 is 8.42 Å². The average Bonchev–Trinajstić information content (AvgIpc) is 1.80. The van der Waals surface area contributed by atoms with Gasteiger partial charge in [-0.05, 0) is 12.5 Å². The number of sulfonamides is 1. The zero-order valence-corrected chi connectivity index (χ0v) is 6.69. The van der Waals surface area contributed by atoms with Crippen molar-refractivity contribution in [3.63, 3.8) is 0 Å². The molecule has 0 aliphatic carbocycles. The summed E-state index contributed by atoms with van der Waals surface area (Å²) in [4.78, 5) is 0.211. The Kier molecular flexibility index (Phi) is 3.32. The van der Waals surface area contributed by atoms with Crippen molar-refractivity contribution in [1.82, 2.24) is 0 Å². The molecule has 0 atom stereocenters. The molecule has 4 heteroatoms. The van der Waals surface area contributed by atoms with E-state index in [1.54, 1.807) is 6.92 Å². The molecule has 0 unspecified atom stereocenters. The summed E-state index contributed by atoms with van der Waals surface area (Å²) in [6.45, 7) is 5.09. The van der Waals surface area contributed by atoms with Gasteiger partial charge in [-0.3, -0.25) is 0 Å². The second kappa shape index (κ2) is 3.53. The van der Waals surface area contributed by atoms with Gasteiger partial charge in [0.2, 0.25) is 10.0 Å². The van der Waals surface area contributed by atoms with E-state index in [9.17, 15) is 8.42 Å². The monoisotopic (exact) mass is 161 g/mol. The molecular weight excluding hydrogens is 150 g/mol. The fraction of sp³-hybridized carbons (Fsp3) is 0.333. The van der Waals surface area contributed by atoms with Crippen molar-refractivity contribution in [1.29, 1.82) is 0 Å². The maximum absolute atomic E-state index is 10.6. The molecule has 3 nitrogen and oxygen atoms in total. The molecule has 10 heavy (non-hydrogen) atoms. The summed E-state index contributed by atoms with van der Waals surface area (Å²) >= 11 is 0. The number of hydrogen-bond acceptors (Lipinski definition) is 2. The van der Waals surface area contributed by atoms with Crippen LogP contribution in [0, 0.1) is 0 Å². The highest BCUT2D eigenvalue weighted by atomic mass is 32.2. The van der Waals surface area contributed by atoms with E-state index in [-0.39, 0.29) is 4.91 Å². The van der Waals surface area contributed by atoms with Crippen molar-refractivity contribution >= 4 is 10.0 Å². The lowest BCUT2D eigenvalue weighted by atomic mass is 10.4. The van der Waals surface area contributed by atoms with Gasteiger partial charge in [-0.25, -0.2) is 13.6 Å². The maximum Gasteiger partial charge on any atom is 0.234 e. The highest BCUT2D eigenvalue weighted by Crippen LogP contribution is 2.05. The third-order valence-corrected chi connectivity index (χ3v) is 2.17. The molecule has 0 aromatic carbocycles. The fourth-order valence-corrected chi connectivity index (χ4v) is 1.23. The predicted molar refractivity (Wildman–Crippen MR) is 41.7 cm³/mol. The lowest BCUT2D eigenvalue weighted by molar-refractivity contribution is 0.602. The molecule has 0 radical (unpaired) electrons. The van der Waals surface area contributed by atoms with Gasteiger partial charge >= 0.3 is 0 Å². The van der Waals surface area contributed by atoms with E-state index >= 15 is 0 Å². The Bertz CT molecular complexity index is 238. The smallest absolute Gasteiger partial charge is 0.225 e. The van der Waals surface area contributed by atoms with Gasteiger partial charge in [0.05, 0.1) is 4.91 Å². The van der Waals surface area contributed by atoms with Gasteiger partial charge in [-0.15, -0.1) is 0 Å². The van der Waals surface area contributed by atoms with Crippen LogP contribution in [0.4, 0.5) is 0 Å². The van der Waals surface area contributed by atoms with E-state index in [1.807, 2.05) is 0 Å². The van der Waals surface area contributed by atoms with Crippen molar-refractivity contribution in [2.45, 2.75) is 13.3 Å². The van der Waals surface area contributed by atoms with Crippen LogP contribution in [0.2, 0.25) is 0 Å². The molecule has 0 amide bonds. The average molecular weight is 161 g/mol. The highest BCUT2D eigenvalue weighted by Gasteiger charge is 2.06. The van der Waals surface area contributed by atoms with Crippen LogP contribution in [0.25, 0.3) is 0 Å². The molecule has 0 spiro atoms. The predicted octanol–water partition coefficient (Wildman–Crippen LogP) is 0.755. The Labute approximate surface area is 61.3 Å². The van der Waals surface area contributed by atoms with Gasteiger partial charge in [0.1, 0.15) is 0 Å². The Balaban J connectivity index is 4.71. The first kappa shape index (κ1) is 9.39. The van der Waals surface area contributed by atoms with Gasteiger partial charge in [0.25, 0.3) is 0 Å². The largest absolute Gasteiger partial charge is 0.234 e. The van der Waals surface area contributed by atoms with Gasteiger partial charge < -0.3 is 0 Å². The molecule has 0 saturated carbocycles. The first-order valence-electron chi connectivity index (χ1n) is 2.86. The number of hydrogen-bond donors (Lipinski definition) is 1.